The number of carbonyl (C=O) groups excluding carboxylic acids is 2. The summed E-state index contributed by atoms with van der Waals surface area (Å²) in [5.41, 5.74) is 4.39. The van der Waals surface area contributed by atoms with Crippen LogP contribution >= 0.6 is 0 Å². The monoisotopic (exact) mass is 390 g/mol. The molecule has 0 bridgehead atoms. The van der Waals surface area contributed by atoms with E-state index in [1.807, 2.05) is 34.1 Å². The zero-order valence-corrected chi connectivity index (χ0v) is 17.3. The number of hydrogen-bond acceptors (Lipinski definition) is 2. The van der Waals surface area contributed by atoms with Gasteiger partial charge in [-0.25, -0.2) is 0 Å². The first-order valence-electron chi connectivity index (χ1n) is 11.0. The van der Waals surface area contributed by atoms with Gasteiger partial charge < -0.3 is 9.80 Å². The lowest BCUT2D eigenvalue weighted by Crippen LogP contribution is -2.50. The standard InChI is InChI=1S/C25H30N2O2/c1-2-3-6-19-9-11-21(12-10-19)25(29)26-17-15-22(16-18-26)27-23-8-5-4-7-20(23)13-14-24(27)28/h4-5,7-12,22H,2-3,6,13-18H2,1H3. The summed E-state index contributed by atoms with van der Waals surface area (Å²) in [7, 11) is 0. The summed E-state index contributed by atoms with van der Waals surface area (Å²) in [6, 6.07) is 16.5. The molecule has 152 valence electrons. The summed E-state index contributed by atoms with van der Waals surface area (Å²) < 4.78 is 0. The lowest BCUT2D eigenvalue weighted by atomic mass is 9.95. The smallest absolute Gasteiger partial charge is 0.253 e. The SMILES string of the molecule is CCCCc1ccc(C(=O)N2CCC(N3C(=O)CCc4ccccc43)CC2)cc1. The van der Waals surface area contributed by atoms with Crippen LogP contribution < -0.4 is 4.90 Å². The van der Waals surface area contributed by atoms with Crippen LogP contribution in [0.3, 0.4) is 0 Å². The maximum absolute atomic E-state index is 12.9. The molecule has 1 saturated heterocycles. The van der Waals surface area contributed by atoms with Gasteiger partial charge in [-0.15, -0.1) is 0 Å². The number of fused-ring (bicyclic) bond motifs is 1. The van der Waals surface area contributed by atoms with Crippen LogP contribution in [0.1, 0.15) is 60.5 Å². The van der Waals surface area contributed by atoms with Crippen LogP contribution in [-0.2, 0) is 17.6 Å². The van der Waals surface area contributed by atoms with Crippen molar-refractivity contribution in [1.29, 1.82) is 0 Å². The number of amides is 2. The Morgan fingerprint density at radius 3 is 2.45 bits per heavy atom. The van der Waals surface area contributed by atoms with Gasteiger partial charge in [-0.2, -0.15) is 0 Å². The molecule has 0 N–H and O–H groups in total. The van der Waals surface area contributed by atoms with Crippen molar-refractivity contribution in [2.75, 3.05) is 18.0 Å². The molecular weight excluding hydrogens is 360 g/mol. The molecule has 0 atom stereocenters. The molecule has 2 aromatic carbocycles. The molecular formula is C25H30N2O2. The van der Waals surface area contributed by atoms with E-state index in [1.165, 1.54) is 24.0 Å². The van der Waals surface area contributed by atoms with Crippen molar-refractivity contribution < 1.29 is 9.59 Å². The number of anilines is 1. The zero-order chi connectivity index (χ0) is 20.2. The second-order valence-corrected chi connectivity index (χ2v) is 8.22. The van der Waals surface area contributed by atoms with Crippen molar-refractivity contribution in [2.45, 2.75) is 57.9 Å². The highest BCUT2D eigenvalue weighted by molar-refractivity contribution is 5.97. The van der Waals surface area contributed by atoms with Gasteiger partial charge in [0, 0.05) is 36.8 Å². The fraction of sp³-hybridized carbons (Fsp3) is 0.440. The van der Waals surface area contributed by atoms with Crippen molar-refractivity contribution in [3.63, 3.8) is 0 Å². The quantitative estimate of drug-likeness (QED) is 0.748. The lowest BCUT2D eigenvalue weighted by molar-refractivity contribution is -0.119. The molecule has 2 aliphatic rings. The fourth-order valence-corrected chi connectivity index (χ4v) is 4.56. The Hall–Kier alpha value is -2.62. The topological polar surface area (TPSA) is 40.6 Å². The zero-order valence-electron chi connectivity index (χ0n) is 17.3. The predicted octanol–water partition coefficient (Wildman–Crippen LogP) is 4.61. The normalized spacial score (nSPS) is 17.3. The fourth-order valence-electron chi connectivity index (χ4n) is 4.56. The van der Waals surface area contributed by atoms with E-state index >= 15 is 0 Å². The van der Waals surface area contributed by atoms with Crippen molar-refractivity contribution >= 4 is 17.5 Å². The van der Waals surface area contributed by atoms with E-state index in [1.54, 1.807) is 0 Å². The van der Waals surface area contributed by atoms with Gasteiger partial charge in [0.1, 0.15) is 0 Å². The minimum absolute atomic E-state index is 0.107. The van der Waals surface area contributed by atoms with Gasteiger partial charge in [-0.3, -0.25) is 9.59 Å². The molecule has 0 unspecified atom stereocenters. The third kappa shape index (κ3) is 4.21. The van der Waals surface area contributed by atoms with Crippen molar-refractivity contribution in [3.05, 3.63) is 65.2 Å². The molecule has 4 heteroatoms. The van der Waals surface area contributed by atoms with Crippen LogP contribution in [-0.4, -0.2) is 35.8 Å². The molecule has 29 heavy (non-hydrogen) atoms. The van der Waals surface area contributed by atoms with Crippen LogP contribution in [0.5, 0.6) is 0 Å². The number of para-hydroxylation sites is 1. The Morgan fingerprint density at radius 2 is 1.72 bits per heavy atom. The Bertz CT molecular complexity index is 867. The highest BCUT2D eigenvalue weighted by Crippen LogP contribution is 2.32. The molecule has 0 radical (unpaired) electrons. The van der Waals surface area contributed by atoms with Crippen molar-refractivity contribution in [3.8, 4) is 0 Å². The number of rotatable bonds is 5. The molecule has 4 nitrogen and oxygen atoms in total. The highest BCUT2D eigenvalue weighted by atomic mass is 16.2. The lowest BCUT2D eigenvalue weighted by Gasteiger charge is -2.41. The number of unbranched alkanes of at least 4 members (excludes halogenated alkanes) is 1. The van der Waals surface area contributed by atoms with Crippen LogP contribution in [0.2, 0.25) is 0 Å². The minimum atomic E-state index is 0.107. The number of aryl methyl sites for hydroxylation is 2. The van der Waals surface area contributed by atoms with Gasteiger partial charge in [-0.1, -0.05) is 43.7 Å². The second-order valence-electron chi connectivity index (χ2n) is 8.22. The summed E-state index contributed by atoms with van der Waals surface area (Å²) in [6.07, 6.45) is 6.51. The largest absolute Gasteiger partial charge is 0.338 e. The minimum Gasteiger partial charge on any atom is -0.338 e. The summed E-state index contributed by atoms with van der Waals surface area (Å²) >= 11 is 0. The first kappa shape index (κ1) is 19.7. The molecule has 0 spiro atoms. The van der Waals surface area contributed by atoms with Crippen molar-refractivity contribution in [1.82, 2.24) is 4.90 Å². The number of carbonyl (C=O) groups is 2. The van der Waals surface area contributed by atoms with Gasteiger partial charge in [0.15, 0.2) is 0 Å². The Labute approximate surface area is 173 Å². The molecule has 2 aromatic rings. The number of piperidine rings is 1. The number of nitrogens with zero attached hydrogens (tertiary/aromatic N) is 2. The molecule has 2 amide bonds. The summed E-state index contributed by atoms with van der Waals surface area (Å²) in [6.45, 7) is 3.59. The highest BCUT2D eigenvalue weighted by Gasteiger charge is 2.33. The van der Waals surface area contributed by atoms with Gasteiger partial charge in [0.05, 0.1) is 0 Å². The number of likely N-dealkylation sites (tertiary alicyclic amines) is 1. The molecule has 0 saturated carbocycles. The molecule has 4 rings (SSSR count). The number of hydrogen-bond donors (Lipinski definition) is 0. The van der Waals surface area contributed by atoms with E-state index in [0.717, 1.165) is 36.9 Å². The van der Waals surface area contributed by atoms with Crippen LogP contribution in [0, 0.1) is 0 Å². The van der Waals surface area contributed by atoms with Crippen LogP contribution in [0.15, 0.2) is 48.5 Å². The third-order valence-corrected chi connectivity index (χ3v) is 6.26. The van der Waals surface area contributed by atoms with Crippen molar-refractivity contribution in [2.24, 2.45) is 0 Å². The van der Waals surface area contributed by atoms with Gasteiger partial charge in [0.2, 0.25) is 5.91 Å². The maximum atomic E-state index is 12.9. The Kier molecular flexibility index (Phi) is 5.98. The van der Waals surface area contributed by atoms with Crippen LogP contribution in [0.25, 0.3) is 0 Å². The van der Waals surface area contributed by atoms with E-state index in [9.17, 15) is 9.59 Å². The molecule has 1 fully saturated rings. The van der Waals surface area contributed by atoms with Crippen LogP contribution in [0.4, 0.5) is 5.69 Å². The Balaban J connectivity index is 1.39. The van der Waals surface area contributed by atoms with Gasteiger partial charge >= 0.3 is 0 Å². The van der Waals surface area contributed by atoms with E-state index in [-0.39, 0.29) is 17.9 Å². The molecule has 2 aliphatic heterocycles. The predicted molar refractivity (Wildman–Crippen MR) is 116 cm³/mol. The molecule has 0 aromatic heterocycles. The van der Waals surface area contributed by atoms with Gasteiger partial charge in [0.25, 0.3) is 5.91 Å². The summed E-state index contributed by atoms with van der Waals surface area (Å²) in [5.74, 6) is 0.326. The van der Waals surface area contributed by atoms with E-state index in [4.69, 9.17) is 0 Å². The van der Waals surface area contributed by atoms with E-state index in [2.05, 4.69) is 31.2 Å². The van der Waals surface area contributed by atoms with E-state index in [0.29, 0.717) is 19.5 Å². The molecule has 0 aliphatic carbocycles. The van der Waals surface area contributed by atoms with E-state index < -0.39 is 0 Å². The van der Waals surface area contributed by atoms with Gasteiger partial charge in [-0.05, 0) is 61.4 Å². The first-order valence-corrected chi connectivity index (χ1v) is 11.0. The average molecular weight is 391 g/mol. The average Bonchev–Trinajstić information content (AvgIpc) is 2.78. The first-order chi connectivity index (χ1) is 14.2. The summed E-state index contributed by atoms with van der Waals surface area (Å²) in [5, 5.41) is 0. The summed E-state index contributed by atoms with van der Waals surface area (Å²) in [4.78, 5) is 29.5. The third-order valence-electron chi connectivity index (χ3n) is 6.26. The number of benzene rings is 2. The Morgan fingerprint density at radius 1 is 1.00 bits per heavy atom. The molecule has 2 heterocycles. The second kappa shape index (κ2) is 8.81. The maximum Gasteiger partial charge on any atom is 0.253 e.